The van der Waals surface area contributed by atoms with Crippen LogP contribution < -0.4 is 5.32 Å². The molecule has 2 rings (SSSR count). The van der Waals surface area contributed by atoms with E-state index in [1.165, 1.54) is 13.2 Å². The lowest BCUT2D eigenvalue weighted by Gasteiger charge is -2.41. The van der Waals surface area contributed by atoms with Gasteiger partial charge in [-0.15, -0.1) is 0 Å². The van der Waals surface area contributed by atoms with E-state index in [-0.39, 0.29) is 0 Å². The molecule has 1 aromatic carbocycles. The van der Waals surface area contributed by atoms with Crippen molar-refractivity contribution in [2.45, 2.75) is 37.6 Å². The fourth-order valence-electron chi connectivity index (χ4n) is 2.50. The van der Waals surface area contributed by atoms with Gasteiger partial charge in [0.1, 0.15) is 24.4 Å². The fourth-order valence-corrected chi connectivity index (χ4v) is 2.50. The molecule has 0 saturated carbocycles. The van der Waals surface area contributed by atoms with Crippen LogP contribution >= 0.6 is 0 Å². The number of hydrogen-bond donors (Lipinski definition) is 4. The van der Waals surface area contributed by atoms with Gasteiger partial charge < -0.3 is 30.1 Å². The zero-order valence-electron chi connectivity index (χ0n) is 13.6. The van der Waals surface area contributed by atoms with Gasteiger partial charge in [0.05, 0.1) is 6.61 Å². The van der Waals surface area contributed by atoms with Gasteiger partial charge in [-0.2, -0.15) is 0 Å². The minimum Gasteiger partial charge on any atom is -0.394 e. The van der Waals surface area contributed by atoms with Gasteiger partial charge in [0, 0.05) is 13.2 Å². The van der Waals surface area contributed by atoms with Crippen LogP contribution in [0.1, 0.15) is 11.1 Å². The Bertz CT molecular complexity index is 571. The molecule has 0 aromatic heterocycles. The molecule has 0 spiro atoms. The van der Waals surface area contributed by atoms with Crippen molar-refractivity contribution < 1.29 is 29.6 Å². The molecule has 24 heavy (non-hydrogen) atoms. The van der Waals surface area contributed by atoms with Crippen LogP contribution in [0.25, 0.3) is 6.08 Å². The van der Waals surface area contributed by atoms with Gasteiger partial charge in [-0.3, -0.25) is 4.79 Å². The summed E-state index contributed by atoms with van der Waals surface area (Å²) in [5.74, 6) is -0.458. The summed E-state index contributed by atoms with van der Waals surface area (Å²) in [5, 5.41) is 31.8. The third-order valence-electron chi connectivity index (χ3n) is 3.93. The second-order valence-corrected chi connectivity index (χ2v) is 5.72. The van der Waals surface area contributed by atoms with E-state index >= 15 is 0 Å². The molecule has 1 amide bonds. The van der Waals surface area contributed by atoms with Crippen LogP contribution in [0, 0.1) is 6.92 Å². The first-order chi connectivity index (χ1) is 11.5. The molecule has 5 atom stereocenters. The standard InChI is InChI=1S/C17H23NO6/c1-10-3-5-11(6-4-10)7-8-13(20)18-14-16(22)15(21)12(9-19)24-17(14)23-2/h3-8,12,14-17,19,21-22H,9H2,1-2H3,(H,18,20). The van der Waals surface area contributed by atoms with Crippen molar-refractivity contribution in [2.24, 2.45) is 0 Å². The normalized spacial score (nSPS) is 30.5. The number of aliphatic hydroxyl groups is 3. The average molecular weight is 337 g/mol. The molecule has 0 radical (unpaired) electrons. The van der Waals surface area contributed by atoms with E-state index in [1.54, 1.807) is 6.08 Å². The monoisotopic (exact) mass is 337 g/mol. The number of nitrogens with one attached hydrogen (secondary N) is 1. The van der Waals surface area contributed by atoms with Crippen molar-refractivity contribution in [3.05, 3.63) is 41.5 Å². The summed E-state index contributed by atoms with van der Waals surface area (Å²) >= 11 is 0. The molecule has 7 heteroatoms. The second kappa shape index (κ2) is 8.36. The van der Waals surface area contributed by atoms with E-state index < -0.39 is 43.2 Å². The first-order valence-corrected chi connectivity index (χ1v) is 7.66. The Hall–Kier alpha value is -1.77. The molecule has 0 bridgehead atoms. The first-order valence-electron chi connectivity index (χ1n) is 7.66. The molecule has 0 aliphatic carbocycles. The average Bonchev–Trinajstić information content (AvgIpc) is 2.59. The van der Waals surface area contributed by atoms with Crippen LogP contribution in [0.4, 0.5) is 0 Å². The summed E-state index contributed by atoms with van der Waals surface area (Å²) < 4.78 is 10.4. The maximum atomic E-state index is 12.1. The molecule has 1 aromatic rings. The Morgan fingerprint density at radius 2 is 1.96 bits per heavy atom. The molecule has 1 fully saturated rings. The lowest BCUT2D eigenvalue weighted by molar-refractivity contribution is -0.262. The molecule has 132 valence electrons. The Morgan fingerprint density at radius 1 is 1.29 bits per heavy atom. The fraction of sp³-hybridized carbons (Fsp3) is 0.471. The van der Waals surface area contributed by atoms with E-state index in [1.807, 2.05) is 31.2 Å². The summed E-state index contributed by atoms with van der Waals surface area (Å²) in [6.07, 6.45) is -1.63. The number of carbonyl (C=O) groups excluding carboxylic acids is 1. The van der Waals surface area contributed by atoms with Crippen LogP contribution in [0.3, 0.4) is 0 Å². The highest BCUT2D eigenvalue weighted by Crippen LogP contribution is 2.21. The van der Waals surface area contributed by atoms with Gasteiger partial charge in [-0.25, -0.2) is 0 Å². The Kier molecular flexibility index (Phi) is 6.47. The smallest absolute Gasteiger partial charge is 0.244 e. The Balaban J connectivity index is 2.02. The van der Waals surface area contributed by atoms with Crippen LogP contribution in [0.5, 0.6) is 0 Å². The molecule has 7 nitrogen and oxygen atoms in total. The number of aliphatic hydroxyl groups excluding tert-OH is 3. The van der Waals surface area contributed by atoms with E-state index in [9.17, 15) is 15.0 Å². The predicted molar refractivity (Wildman–Crippen MR) is 86.9 cm³/mol. The molecular formula is C17H23NO6. The van der Waals surface area contributed by atoms with Crippen molar-refractivity contribution in [2.75, 3.05) is 13.7 Å². The van der Waals surface area contributed by atoms with Crippen molar-refractivity contribution >= 4 is 12.0 Å². The third-order valence-corrected chi connectivity index (χ3v) is 3.93. The van der Waals surface area contributed by atoms with Gasteiger partial charge in [-0.1, -0.05) is 29.8 Å². The van der Waals surface area contributed by atoms with E-state index in [0.717, 1.165) is 11.1 Å². The Labute approximate surface area is 140 Å². The van der Waals surface area contributed by atoms with Crippen LogP contribution in [0.2, 0.25) is 0 Å². The van der Waals surface area contributed by atoms with Crippen LogP contribution in [-0.4, -0.2) is 65.6 Å². The van der Waals surface area contributed by atoms with Gasteiger partial charge in [0.25, 0.3) is 0 Å². The number of rotatable bonds is 5. The number of benzene rings is 1. The second-order valence-electron chi connectivity index (χ2n) is 5.72. The lowest BCUT2D eigenvalue weighted by atomic mass is 9.97. The summed E-state index contributed by atoms with van der Waals surface area (Å²) in [5.41, 5.74) is 1.98. The number of carbonyl (C=O) groups is 1. The molecule has 4 N–H and O–H groups in total. The summed E-state index contributed by atoms with van der Waals surface area (Å²) in [6.45, 7) is 1.51. The highest BCUT2D eigenvalue weighted by Gasteiger charge is 2.44. The highest BCUT2D eigenvalue weighted by molar-refractivity contribution is 5.92. The highest BCUT2D eigenvalue weighted by atomic mass is 16.7. The molecule has 1 saturated heterocycles. The molecule has 1 heterocycles. The number of aryl methyl sites for hydroxylation is 1. The number of hydrogen-bond acceptors (Lipinski definition) is 6. The maximum absolute atomic E-state index is 12.1. The molecule has 5 unspecified atom stereocenters. The number of methoxy groups -OCH3 is 1. The maximum Gasteiger partial charge on any atom is 0.244 e. The molecule has 1 aliphatic heterocycles. The number of ether oxygens (including phenoxy) is 2. The third kappa shape index (κ3) is 4.40. The summed E-state index contributed by atoms with van der Waals surface area (Å²) in [7, 11) is 1.35. The molecular weight excluding hydrogens is 314 g/mol. The van der Waals surface area contributed by atoms with Crippen LogP contribution in [-0.2, 0) is 14.3 Å². The minimum absolute atomic E-state index is 0.458. The zero-order valence-corrected chi connectivity index (χ0v) is 13.6. The molecule has 1 aliphatic rings. The van der Waals surface area contributed by atoms with E-state index in [0.29, 0.717) is 0 Å². The zero-order chi connectivity index (χ0) is 17.7. The van der Waals surface area contributed by atoms with Gasteiger partial charge in [0.2, 0.25) is 5.91 Å². The van der Waals surface area contributed by atoms with E-state index in [2.05, 4.69) is 5.32 Å². The van der Waals surface area contributed by atoms with Crippen molar-refractivity contribution in [3.8, 4) is 0 Å². The van der Waals surface area contributed by atoms with Crippen molar-refractivity contribution in [1.82, 2.24) is 5.32 Å². The van der Waals surface area contributed by atoms with Gasteiger partial charge in [-0.05, 0) is 18.6 Å². The van der Waals surface area contributed by atoms with Crippen molar-refractivity contribution in [3.63, 3.8) is 0 Å². The minimum atomic E-state index is -1.33. The largest absolute Gasteiger partial charge is 0.394 e. The topological polar surface area (TPSA) is 108 Å². The van der Waals surface area contributed by atoms with Gasteiger partial charge in [0.15, 0.2) is 6.29 Å². The van der Waals surface area contributed by atoms with Gasteiger partial charge >= 0.3 is 0 Å². The van der Waals surface area contributed by atoms with E-state index in [4.69, 9.17) is 14.6 Å². The van der Waals surface area contributed by atoms with Crippen molar-refractivity contribution in [1.29, 1.82) is 0 Å². The summed E-state index contributed by atoms with van der Waals surface area (Å²) in [6, 6.07) is 6.67. The van der Waals surface area contributed by atoms with Crippen LogP contribution in [0.15, 0.2) is 30.3 Å². The lowest BCUT2D eigenvalue weighted by Crippen LogP contribution is -2.64. The number of amides is 1. The quantitative estimate of drug-likeness (QED) is 0.544. The predicted octanol–water partition coefficient (Wildman–Crippen LogP) is -0.422. The Morgan fingerprint density at radius 3 is 2.54 bits per heavy atom. The summed E-state index contributed by atoms with van der Waals surface area (Å²) in [4.78, 5) is 12.1. The first kappa shape index (κ1) is 18.6. The SMILES string of the molecule is COC1OC(CO)C(O)C(O)C1NC(=O)C=Cc1ccc(C)cc1.